The van der Waals surface area contributed by atoms with Crippen molar-refractivity contribution < 1.29 is 9.53 Å². The second-order valence-corrected chi connectivity index (χ2v) is 3.31. The molecule has 0 aromatic carbocycles. The molecule has 0 aliphatic carbocycles. The van der Waals surface area contributed by atoms with E-state index in [1.807, 2.05) is 11.4 Å². The van der Waals surface area contributed by atoms with E-state index in [0.717, 1.165) is 3.57 Å². The number of ether oxygens (including phenoxy) is 1. The average Bonchev–Trinajstić information content (AvgIpc) is 2.18. The molecule has 0 bridgehead atoms. The van der Waals surface area contributed by atoms with Crippen molar-refractivity contribution in [2.75, 3.05) is 0 Å². The highest BCUT2D eigenvalue weighted by molar-refractivity contribution is 14.1. The number of carbonyl (C=O) groups is 1. The summed E-state index contributed by atoms with van der Waals surface area (Å²) < 4.78 is 5.58. The molecule has 1 rings (SSSR count). The summed E-state index contributed by atoms with van der Waals surface area (Å²) in [6.45, 7) is 0.438. The van der Waals surface area contributed by atoms with Crippen molar-refractivity contribution in [1.82, 2.24) is 0 Å². The van der Waals surface area contributed by atoms with Gasteiger partial charge >= 0.3 is 0 Å². The summed E-state index contributed by atoms with van der Waals surface area (Å²) in [6, 6.07) is 1.89. The maximum absolute atomic E-state index is 9.81. The number of carbonyl (C=O) groups excluding carboxylic acids is 1. The summed E-state index contributed by atoms with van der Waals surface area (Å²) in [7, 11) is 0. The fourth-order valence-corrected chi connectivity index (χ4v) is 1.94. The van der Waals surface area contributed by atoms with Gasteiger partial charge in [0.1, 0.15) is 0 Å². The summed E-state index contributed by atoms with van der Waals surface area (Å²) >= 11 is 3.52. The molecule has 0 aliphatic rings. The smallest absolute Gasteiger partial charge is 0.299 e. The lowest BCUT2D eigenvalue weighted by Crippen LogP contribution is -1.85. The normalized spacial score (nSPS) is 9.00. The Morgan fingerprint density at radius 3 is 3.00 bits per heavy atom. The van der Waals surface area contributed by atoms with Crippen LogP contribution in [0.1, 0.15) is 0 Å². The molecule has 0 saturated carbocycles. The first-order chi connectivity index (χ1) is 4.34. The molecule has 0 fully saturated rings. The Balaban J connectivity index is 2.80. The summed E-state index contributed by atoms with van der Waals surface area (Å²) in [4.78, 5) is 9.81. The van der Waals surface area contributed by atoms with Crippen molar-refractivity contribution in [3.05, 3.63) is 15.0 Å². The molecule has 2 nitrogen and oxygen atoms in total. The SMILES string of the molecule is O=COc1sccc1I. The third-order valence-electron chi connectivity index (χ3n) is 0.740. The molecular formula is C5H3IO2S. The highest BCUT2D eigenvalue weighted by Crippen LogP contribution is 2.26. The predicted molar refractivity (Wildman–Crippen MR) is 43.7 cm³/mol. The first-order valence-corrected chi connectivity index (χ1v) is 4.13. The number of hydrogen-bond acceptors (Lipinski definition) is 3. The maximum Gasteiger partial charge on any atom is 0.299 e. The minimum absolute atomic E-state index is 0.438. The van der Waals surface area contributed by atoms with Crippen LogP contribution >= 0.6 is 33.9 Å². The Morgan fingerprint density at radius 2 is 2.56 bits per heavy atom. The van der Waals surface area contributed by atoms with E-state index in [9.17, 15) is 4.79 Å². The van der Waals surface area contributed by atoms with Gasteiger partial charge in [0.2, 0.25) is 0 Å². The van der Waals surface area contributed by atoms with Crippen LogP contribution in [-0.2, 0) is 4.79 Å². The number of rotatable bonds is 2. The highest BCUT2D eigenvalue weighted by Gasteiger charge is 1.98. The lowest BCUT2D eigenvalue weighted by molar-refractivity contribution is -0.120. The van der Waals surface area contributed by atoms with E-state index in [4.69, 9.17) is 0 Å². The lowest BCUT2D eigenvalue weighted by atomic mass is 10.7. The molecule has 0 amide bonds. The quantitative estimate of drug-likeness (QED) is 0.595. The van der Waals surface area contributed by atoms with Crippen LogP contribution in [-0.4, -0.2) is 6.47 Å². The van der Waals surface area contributed by atoms with Gasteiger partial charge in [0, 0.05) is 0 Å². The predicted octanol–water partition coefficient (Wildman–Crippen LogP) is 1.89. The number of halogens is 1. The first kappa shape index (κ1) is 7.01. The van der Waals surface area contributed by atoms with Crippen molar-refractivity contribution in [2.24, 2.45) is 0 Å². The molecule has 0 unspecified atom stereocenters. The summed E-state index contributed by atoms with van der Waals surface area (Å²) in [6.07, 6.45) is 0. The van der Waals surface area contributed by atoms with E-state index in [-0.39, 0.29) is 0 Å². The van der Waals surface area contributed by atoms with Crippen LogP contribution in [0.25, 0.3) is 0 Å². The minimum Gasteiger partial charge on any atom is -0.416 e. The van der Waals surface area contributed by atoms with Gasteiger partial charge in [-0.3, -0.25) is 4.79 Å². The van der Waals surface area contributed by atoms with E-state index in [0.29, 0.717) is 11.5 Å². The van der Waals surface area contributed by atoms with Gasteiger partial charge in [0.05, 0.1) is 3.57 Å². The topological polar surface area (TPSA) is 26.3 Å². The fourth-order valence-electron chi connectivity index (χ4n) is 0.408. The second kappa shape index (κ2) is 3.17. The van der Waals surface area contributed by atoms with Gasteiger partial charge in [-0.15, -0.1) is 11.3 Å². The van der Waals surface area contributed by atoms with Crippen LogP contribution < -0.4 is 4.74 Å². The van der Waals surface area contributed by atoms with Gasteiger partial charge in [-0.1, -0.05) is 0 Å². The van der Waals surface area contributed by atoms with Crippen molar-refractivity contribution in [2.45, 2.75) is 0 Å². The van der Waals surface area contributed by atoms with Crippen LogP contribution in [0.3, 0.4) is 0 Å². The Morgan fingerprint density at radius 1 is 1.78 bits per heavy atom. The van der Waals surface area contributed by atoms with E-state index in [1.54, 1.807) is 0 Å². The van der Waals surface area contributed by atoms with Crippen molar-refractivity contribution in [1.29, 1.82) is 0 Å². The zero-order valence-electron chi connectivity index (χ0n) is 4.33. The Kier molecular flexibility index (Phi) is 2.47. The van der Waals surface area contributed by atoms with Gasteiger partial charge in [0.25, 0.3) is 6.47 Å². The minimum atomic E-state index is 0.438. The van der Waals surface area contributed by atoms with Gasteiger partial charge < -0.3 is 4.74 Å². The van der Waals surface area contributed by atoms with E-state index < -0.39 is 0 Å². The highest BCUT2D eigenvalue weighted by atomic mass is 127. The Bertz CT molecular complexity index is 208. The van der Waals surface area contributed by atoms with Crippen LogP contribution in [0.5, 0.6) is 5.06 Å². The second-order valence-electron chi connectivity index (χ2n) is 1.27. The zero-order valence-corrected chi connectivity index (χ0v) is 7.31. The van der Waals surface area contributed by atoms with Gasteiger partial charge in [-0.2, -0.15) is 0 Å². The van der Waals surface area contributed by atoms with E-state index in [2.05, 4.69) is 27.3 Å². The lowest BCUT2D eigenvalue weighted by Gasteiger charge is -1.89. The van der Waals surface area contributed by atoms with Crippen LogP contribution in [0.2, 0.25) is 0 Å². The average molecular weight is 254 g/mol. The Hall–Kier alpha value is -0.100. The fraction of sp³-hybridized carbons (Fsp3) is 0. The van der Waals surface area contributed by atoms with E-state index >= 15 is 0 Å². The first-order valence-electron chi connectivity index (χ1n) is 2.18. The van der Waals surface area contributed by atoms with Gasteiger partial charge in [-0.25, -0.2) is 0 Å². The molecule has 0 aliphatic heterocycles. The molecular weight excluding hydrogens is 251 g/mol. The third-order valence-corrected chi connectivity index (χ3v) is 2.76. The largest absolute Gasteiger partial charge is 0.416 e. The molecule has 1 heterocycles. The Labute approximate surface area is 70.0 Å². The molecule has 4 heteroatoms. The van der Waals surface area contributed by atoms with Crippen LogP contribution in [0.4, 0.5) is 0 Å². The molecule has 9 heavy (non-hydrogen) atoms. The maximum atomic E-state index is 9.81. The molecule has 48 valence electrons. The zero-order chi connectivity index (χ0) is 6.69. The summed E-state index contributed by atoms with van der Waals surface area (Å²) in [5, 5.41) is 2.55. The standard InChI is InChI=1S/C5H3IO2S/c6-4-1-2-9-5(4)8-3-7/h1-3H. The van der Waals surface area contributed by atoms with Crippen molar-refractivity contribution in [3.63, 3.8) is 0 Å². The van der Waals surface area contributed by atoms with Crippen LogP contribution in [0, 0.1) is 3.57 Å². The molecule has 0 atom stereocenters. The molecule has 1 aromatic rings. The molecule has 0 spiro atoms. The van der Waals surface area contributed by atoms with E-state index in [1.165, 1.54) is 11.3 Å². The molecule has 1 aromatic heterocycles. The number of hydrogen-bond donors (Lipinski definition) is 0. The summed E-state index contributed by atoms with van der Waals surface area (Å²) in [5.74, 6) is 0. The van der Waals surface area contributed by atoms with Crippen molar-refractivity contribution in [3.8, 4) is 5.06 Å². The third kappa shape index (κ3) is 1.65. The summed E-state index contributed by atoms with van der Waals surface area (Å²) in [5.41, 5.74) is 0. The molecule has 0 radical (unpaired) electrons. The molecule has 0 saturated heterocycles. The van der Waals surface area contributed by atoms with Crippen molar-refractivity contribution >= 4 is 40.4 Å². The monoisotopic (exact) mass is 254 g/mol. The van der Waals surface area contributed by atoms with Gasteiger partial charge in [-0.05, 0) is 34.0 Å². The van der Waals surface area contributed by atoms with Crippen LogP contribution in [0.15, 0.2) is 11.4 Å². The number of thiophene rings is 1. The molecule has 0 N–H and O–H groups in total. The van der Waals surface area contributed by atoms with Gasteiger partial charge in [0.15, 0.2) is 5.06 Å².